The molecule has 2 N–H and O–H groups in total. The summed E-state index contributed by atoms with van der Waals surface area (Å²) in [7, 11) is 0. The molecule has 0 spiro atoms. The van der Waals surface area contributed by atoms with Crippen LogP contribution in [-0.2, 0) is 12.8 Å². The Morgan fingerprint density at radius 2 is 1.79 bits per heavy atom. The summed E-state index contributed by atoms with van der Waals surface area (Å²) in [6, 6.07) is 19.3. The highest BCUT2D eigenvalue weighted by Crippen LogP contribution is 2.40. The van der Waals surface area contributed by atoms with Gasteiger partial charge >= 0.3 is 0 Å². The third kappa shape index (κ3) is 2.90. The number of anilines is 1. The fourth-order valence-electron chi connectivity index (χ4n) is 3.70. The van der Waals surface area contributed by atoms with Crippen molar-refractivity contribution in [3.05, 3.63) is 77.5 Å². The van der Waals surface area contributed by atoms with Crippen LogP contribution in [0.2, 0.25) is 0 Å². The molecule has 0 saturated carbocycles. The third-order valence-electron chi connectivity index (χ3n) is 4.87. The van der Waals surface area contributed by atoms with Crippen LogP contribution < -0.4 is 5.73 Å². The summed E-state index contributed by atoms with van der Waals surface area (Å²) in [4.78, 5) is 8.68. The second-order valence-electron chi connectivity index (χ2n) is 6.47. The molecule has 0 fully saturated rings. The third-order valence-corrected chi connectivity index (χ3v) is 4.87. The number of rotatable bonds is 4. The molecule has 2 aromatic carbocycles. The summed E-state index contributed by atoms with van der Waals surface area (Å²) in [5, 5.41) is 0. The number of hydrogen-bond donors (Lipinski definition) is 1. The molecule has 0 radical (unpaired) electrons. The topological polar surface area (TPSA) is 51.8 Å². The van der Waals surface area contributed by atoms with Gasteiger partial charge in [0.05, 0.1) is 5.69 Å². The number of benzene rings is 2. The maximum atomic E-state index is 5.80. The van der Waals surface area contributed by atoms with Crippen LogP contribution in [0.25, 0.3) is 11.3 Å². The van der Waals surface area contributed by atoms with Crippen molar-refractivity contribution in [1.82, 2.24) is 9.97 Å². The van der Waals surface area contributed by atoms with E-state index in [-0.39, 0.29) is 0 Å². The molecule has 1 aliphatic rings. The van der Waals surface area contributed by atoms with E-state index < -0.39 is 0 Å². The molecule has 24 heavy (non-hydrogen) atoms. The molecule has 120 valence electrons. The van der Waals surface area contributed by atoms with Crippen molar-refractivity contribution in [2.75, 3.05) is 5.73 Å². The number of hydrogen-bond acceptors (Lipinski definition) is 3. The lowest BCUT2D eigenvalue weighted by atomic mass is 9.79. The lowest BCUT2D eigenvalue weighted by molar-refractivity contribution is 0.581. The Balaban J connectivity index is 1.56. The van der Waals surface area contributed by atoms with Gasteiger partial charge in [0.15, 0.2) is 0 Å². The first-order valence-electron chi connectivity index (χ1n) is 8.56. The predicted molar refractivity (Wildman–Crippen MR) is 97.7 cm³/mol. The van der Waals surface area contributed by atoms with Gasteiger partial charge in [0, 0.05) is 11.8 Å². The first-order chi connectivity index (χ1) is 11.8. The molecule has 1 aliphatic carbocycles. The highest BCUT2D eigenvalue weighted by Gasteiger charge is 2.25. The molecule has 3 nitrogen and oxygen atoms in total. The maximum absolute atomic E-state index is 5.80. The van der Waals surface area contributed by atoms with Crippen molar-refractivity contribution in [3.63, 3.8) is 0 Å². The molecular weight excluding hydrogens is 294 g/mol. The molecule has 0 bridgehead atoms. The van der Waals surface area contributed by atoms with E-state index in [9.17, 15) is 0 Å². The maximum Gasteiger partial charge on any atom is 0.220 e. The summed E-state index contributed by atoms with van der Waals surface area (Å²) in [5.41, 5.74) is 12.1. The Bertz CT molecular complexity index is 843. The van der Waals surface area contributed by atoms with Crippen LogP contribution in [-0.4, -0.2) is 9.97 Å². The van der Waals surface area contributed by atoms with Crippen molar-refractivity contribution in [3.8, 4) is 11.3 Å². The molecule has 0 amide bonds. The summed E-state index contributed by atoms with van der Waals surface area (Å²) in [5.74, 6) is 0.885. The number of fused-ring (bicyclic) bond motifs is 3. The van der Waals surface area contributed by atoms with Gasteiger partial charge in [-0.3, -0.25) is 0 Å². The predicted octanol–water partition coefficient (Wildman–Crippen LogP) is 4.39. The molecule has 1 unspecified atom stereocenters. The number of aryl methyl sites for hydroxylation is 1. The van der Waals surface area contributed by atoms with Crippen molar-refractivity contribution in [2.45, 2.75) is 31.6 Å². The van der Waals surface area contributed by atoms with Crippen LogP contribution in [0.5, 0.6) is 0 Å². The molecule has 3 aromatic rings. The second-order valence-corrected chi connectivity index (χ2v) is 6.47. The van der Waals surface area contributed by atoms with Gasteiger partial charge in [0.25, 0.3) is 0 Å². The number of nitrogens with two attached hydrogens (primary N) is 1. The van der Waals surface area contributed by atoms with E-state index in [1.807, 2.05) is 6.20 Å². The number of aromatic nitrogens is 2. The van der Waals surface area contributed by atoms with E-state index in [0.29, 0.717) is 11.9 Å². The number of nitrogen functional groups attached to an aromatic ring is 1. The largest absolute Gasteiger partial charge is 0.368 e. The van der Waals surface area contributed by atoms with Gasteiger partial charge in [0.1, 0.15) is 0 Å². The standard InChI is InChI=1S/C21H21N3/c22-21-23-14-17-13-16(10-6-9-15-7-2-1-3-8-15)18-11-4-5-12-19(18)20(17)24-21/h1-5,7-8,11-12,14,16H,6,9-10,13H2,(H2,22,23,24). The van der Waals surface area contributed by atoms with Gasteiger partial charge in [-0.05, 0) is 48.3 Å². The Morgan fingerprint density at radius 1 is 1.00 bits per heavy atom. The molecule has 0 aliphatic heterocycles. The molecule has 1 aromatic heterocycles. The van der Waals surface area contributed by atoms with Gasteiger partial charge in [-0.1, -0.05) is 54.6 Å². The fourth-order valence-corrected chi connectivity index (χ4v) is 3.70. The number of nitrogens with zero attached hydrogens (tertiary/aromatic N) is 2. The molecule has 1 atom stereocenters. The van der Waals surface area contributed by atoms with Crippen LogP contribution in [0, 0.1) is 0 Å². The van der Waals surface area contributed by atoms with Crippen LogP contribution in [0.3, 0.4) is 0 Å². The minimum absolute atomic E-state index is 0.353. The quantitative estimate of drug-likeness (QED) is 0.777. The minimum Gasteiger partial charge on any atom is -0.368 e. The van der Waals surface area contributed by atoms with Crippen LogP contribution >= 0.6 is 0 Å². The van der Waals surface area contributed by atoms with Gasteiger partial charge < -0.3 is 5.73 Å². The average molecular weight is 315 g/mol. The SMILES string of the molecule is Nc1ncc2c(n1)-c1ccccc1C(CCCc1ccccc1)C2. The van der Waals surface area contributed by atoms with Crippen molar-refractivity contribution in [2.24, 2.45) is 0 Å². The van der Waals surface area contributed by atoms with E-state index in [4.69, 9.17) is 5.73 Å². The summed E-state index contributed by atoms with van der Waals surface area (Å²) in [6.45, 7) is 0. The fraction of sp³-hybridized carbons (Fsp3) is 0.238. The van der Waals surface area contributed by atoms with Crippen molar-refractivity contribution >= 4 is 5.95 Å². The zero-order valence-corrected chi connectivity index (χ0v) is 13.7. The summed E-state index contributed by atoms with van der Waals surface area (Å²) >= 11 is 0. The lowest BCUT2D eigenvalue weighted by Gasteiger charge is -2.27. The highest BCUT2D eigenvalue weighted by atomic mass is 15.0. The molecule has 0 saturated heterocycles. The van der Waals surface area contributed by atoms with Crippen LogP contribution in [0.1, 0.15) is 35.4 Å². The molecule has 1 heterocycles. The summed E-state index contributed by atoms with van der Waals surface area (Å²) in [6.07, 6.45) is 6.40. The van der Waals surface area contributed by atoms with Gasteiger partial charge in [0.2, 0.25) is 5.95 Å². The first kappa shape index (κ1) is 14.9. The van der Waals surface area contributed by atoms with E-state index in [2.05, 4.69) is 64.6 Å². The van der Waals surface area contributed by atoms with Gasteiger partial charge in [-0.2, -0.15) is 0 Å². The smallest absolute Gasteiger partial charge is 0.220 e. The van der Waals surface area contributed by atoms with Crippen molar-refractivity contribution < 1.29 is 0 Å². The zero-order valence-electron chi connectivity index (χ0n) is 13.7. The van der Waals surface area contributed by atoms with E-state index in [0.717, 1.165) is 18.5 Å². The second kappa shape index (κ2) is 6.44. The van der Waals surface area contributed by atoms with E-state index >= 15 is 0 Å². The zero-order chi connectivity index (χ0) is 16.4. The van der Waals surface area contributed by atoms with E-state index in [1.54, 1.807) is 0 Å². The Morgan fingerprint density at radius 3 is 2.67 bits per heavy atom. The minimum atomic E-state index is 0.353. The molecular formula is C21H21N3. The molecule has 4 rings (SSSR count). The monoisotopic (exact) mass is 315 g/mol. The Kier molecular flexibility index (Phi) is 3.99. The van der Waals surface area contributed by atoms with Crippen LogP contribution in [0.4, 0.5) is 5.95 Å². The summed E-state index contributed by atoms with van der Waals surface area (Å²) < 4.78 is 0. The molecule has 3 heteroatoms. The first-order valence-corrected chi connectivity index (χ1v) is 8.56. The average Bonchev–Trinajstić information content (AvgIpc) is 2.63. The normalized spacial score (nSPS) is 15.6. The highest BCUT2D eigenvalue weighted by molar-refractivity contribution is 5.71. The Hall–Kier alpha value is -2.68. The van der Waals surface area contributed by atoms with Crippen molar-refractivity contribution in [1.29, 1.82) is 0 Å². The lowest BCUT2D eigenvalue weighted by Crippen LogP contribution is -2.14. The van der Waals surface area contributed by atoms with Gasteiger partial charge in [-0.25, -0.2) is 9.97 Å². The van der Waals surface area contributed by atoms with E-state index in [1.165, 1.54) is 35.1 Å². The van der Waals surface area contributed by atoms with Crippen LogP contribution in [0.15, 0.2) is 60.8 Å². The Labute approximate surface area is 142 Å². The van der Waals surface area contributed by atoms with Gasteiger partial charge in [-0.15, -0.1) is 0 Å².